The molecule has 2 rings (SSSR count). The normalized spacial score (nSPS) is 10.1. The van der Waals surface area contributed by atoms with Crippen LogP contribution in [-0.2, 0) is 0 Å². The molecule has 0 aliphatic carbocycles. The van der Waals surface area contributed by atoms with Gasteiger partial charge in [-0.25, -0.2) is 4.79 Å². The van der Waals surface area contributed by atoms with Gasteiger partial charge in [-0.1, -0.05) is 6.07 Å². The van der Waals surface area contributed by atoms with Crippen molar-refractivity contribution in [3.05, 3.63) is 41.7 Å². The quantitative estimate of drug-likeness (QED) is 0.900. The van der Waals surface area contributed by atoms with Crippen molar-refractivity contribution in [2.45, 2.75) is 6.92 Å². The highest BCUT2D eigenvalue weighted by Gasteiger charge is 2.12. The number of methoxy groups -OCH3 is 1. The molecule has 5 heteroatoms. The van der Waals surface area contributed by atoms with Crippen LogP contribution in [-0.4, -0.2) is 18.2 Å². The summed E-state index contributed by atoms with van der Waals surface area (Å²) in [5.41, 5.74) is 1.03. The Hall–Kier alpha value is -2.43. The third-order valence-corrected chi connectivity index (χ3v) is 2.32. The molecule has 1 heterocycles. The zero-order chi connectivity index (χ0) is 13.1. The number of carboxylic acids is 1. The minimum Gasteiger partial charge on any atom is -0.493 e. The van der Waals surface area contributed by atoms with Gasteiger partial charge in [0, 0.05) is 6.07 Å². The lowest BCUT2D eigenvalue weighted by Crippen LogP contribution is -1.92. The molecular formula is C13H12O5. The average Bonchev–Trinajstić information content (AvgIpc) is 2.80. The smallest absolute Gasteiger partial charge is 0.371 e. The molecule has 1 N–H and O–H groups in total. The van der Waals surface area contributed by atoms with Gasteiger partial charge in [0.2, 0.25) is 5.76 Å². The van der Waals surface area contributed by atoms with Gasteiger partial charge in [-0.3, -0.25) is 0 Å². The van der Waals surface area contributed by atoms with Crippen LogP contribution in [0.2, 0.25) is 0 Å². The molecule has 1 aromatic heterocycles. The fourth-order valence-corrected chi connectivity index (χ4v) is 1.46. The summed E-state index contributed by atoms with van der Waals surface area (Å²) in [6, 6.07) is 8.19. The molecule has 0 unspecified atom stereocenters. The predicted molar refractivity (Wildman–Crippen MR) is 63.5 cm³/mol. The zero-order valence-electron chi connectivity index (χ0n) is 9.97. The number of aryl methyl sites for hydroxylation is 1. The van der Waals surface area contributed by atoms with Gasteiger partial charge in [-0.2, -0.15) is 0 Å². The lowest BCUT2D eigenvalue weighted by Gasteiger charge is -2.08. The molecule has 18 heavy (non-hydrogen) atoms. The Morgan fingerprint density at radius 3 is 2.61 bits per heavy atom. The number of ether oxygens (including phenoxy) is 2. The summed E-state index contributed by atoms with van der Waals surface area (Å²) in [4.78, 5) is 10.7. The van der Waals surface area contributed by atoms with Gasteiger partial charge in [0.05, 0.1) is 7.11 Å². The molecule has 5 nitrogen and oxygen atoms in total. The number of aromatic carboxylic acids is 1. The fraction of sp³-hybridized carbons (Fsp3) is 0.154. The summed E-state index contributed by atoms with van der Waals surface area (Å²) in [5, 5.41) is 8.73. The maximum absolute atomic E-state index is 10.7. The molecule has 0 saturated heterocycles. The monoisotopic (exact) mass is 248 g/mol. The summed E-state index contributed by atoms with van der Waals surface area (Å²) < 4.78 is 15.6. The van der Waals surface area contributed by atoms with E-state index in [4.69, 9.17) is 19.0 Å². The largest absolute Gasteiger partial charge is 0.493 e. The number of carbonyl (C=O) groups is 1. The minimum atomic E-state index is -1.14. The molecule has 1 aromatic carbocycles. The highest BCUT2D eigenvalue weighted by atomic mass is 16.6. The first-order chi connectivity index (χ1) is 8.60. The van der Waals surface area contributed by atoms with Crippen molar-refractivity contribution in [2.24, 2.45) is 0 Å². The second-order valence-corrected chi connectivity index (χ2v) is 3.68. The third kappa shape index (κ3) is 2.45. The van der Waals surface area contributed by atoms with Gasteiger partial charge < -0.3 is 19.0 Å². The molecule has 0 amide bonds. The Morgan fingerprint density at radius 2 is 2.00 bits per heavy atom. The fourth-order valence-electron chi connectivity index (χ4n) is 1.46. The first-order valence-electron chi connectivity index (χ1n) is 5.26. The first-order valence-corrected chi connectivity index (χ1v) is 5.26. The summed E-state index contributed by atoms with van der Waals surface area (Å²) in [5.74, 6) is -0.177. The summed E-state index contributed by atoms with van der Waals surface area (Å²) in [6.07, 6.45) is 0. The van der Waals surface area contributed by atoms with Crippen LogP contribution in [0, 0.1) is 6.92 Å². The summed E-state index contributed by atoms with van der Waals surface area (Å²) >= 11 is 0. The number of benzene rings is 1. The van der Waals surface area contributed by atoms with Gasteiger partial charge >= 0.3 is 5.97 Å². The number of hydrogen-bond acceptors (Lipinski definition) is 4. The highest BCUT2D eigenvalue weighted by Crippen LogP contribution is 2.32. The van der Waals surface area contributed by atoms with E-state index in [1.54, 1.807) is 6.07 Å². The number of furan rings is 1. The van der Waals surface area contributed by atoms with Crippen molar-refractivity contribution >= 4 is 5.97 Å². The Kier molecular flexibility index (Phi) is 3.23. The van der Waals surface area contributed by atoms with Crippen LogP contribution in [0.5, 0.6) is 17.4 Å². The lowest BCUT2D eigenvalue weighted by atomic mass is 10.2. The molecule has 94 valence electrons. The van der Waals surface area contributed by atoms with Crippen molar-refractivity contribution in [3.63, 3.8) is 0 Å². The van der Waals surface area contributed by atoms with Gasteiger partial charge in [0.1, 0.15) is 0 Å². The van der Waals surface area contributed by atoms with E-state index in [0.717, 1.165) is 5.56 Å². The van der Waals surface area contributed by atoms with Crippen LogP contribution in [0.25, 0.3) is 0 Å². The molecule has 2 aromatic rings. The van der Waals surface area contributed by atoms with Gasteiger partial charge in [0.25, 0.3) is 5.95 Å². The Balaban J connectivity index is 2.25. The molecule has 0 spiro atoms. The van der Waals surface area contributed by atoms with E-state index >= 15 is 0 Å². The van der Waals surface area contributed by atoms with Crippen LogP contribution in [0.4, 0.5) is 0 Å². The SMILES string of the molecule is COc1cc(C)ccc1Oc1ccc(C(=O)O)o1. The molecule has 0 fully saturated rings. The van der Waals surface area contributed by atoms with E-state index in [1.165, 1.54) is 19.2 Å². The van der Waals surface area contributed by atoms with Crippen molar-refractivity contribution < 1.29 is 23.8 Å². The molecule has 0 aliphatic rings. The Labute approximate surface area is 104 Å². The van der Waals surface area contributed by atoms with E-state index in [-0.39, 0.29) is 11.7 Å². The standard InChI is InChI=1S/C13H12O5/c1-8-3-4-9(11(7-8)16-2)17-12-6-5-10(18-12)13(14)15/h3-7H,1-2H3,(H,14,15). The highest BCUT2D eigenvalue weighted by molar-refractivity contribution is 5.84. The van der Waals surface area contributed by atoms with E-state index in [9.17, 15) is 4.79 Å². The predicted octanol–water partition coefficient (Wildman–Crippen LogP) is 3.09. The van der Waals surface area contributed by atoms with Crippen molar-refractivity contribution in [1.82, 2.24) is 0 Å². The topological polar surface area (TPSA) is 68.9 Å². The maximum atomic E-state index is 10.7. The molecule has 0 aliphatic heterocycles. The number of hydrogen-bond donors (Lipinski definition) is 1. The summed E-state index contributed by atoms with van der Waals surface area (Å²) in [6.45, 7) is 1.93. The van der Waals surface area contributed by atoms with Gasteiger partial charge in [0.15, 0.2) is 11.5 Å². The van der Waals surface area contributed by atoms with Crippen LogP contribution in [0.3, 0.4) is 0 Å². The Morgan fingerprint density at radius 1 is 1.22 bits per heavy atom. The van der Waals surface area contributed by atoms with Crippen LogP contribution in [0.15, 0.2) is 34.7 Å². The van der Waals surface area contributed by atoms with Gasteiger partial charge in [-0.15, -0.1) is 0 Å². The second-order valence-electron chi connectivity index (χ2n) is 3.68. The van der Waals surface area contributed by atoms with Crippen molar-refractivity contribution in [3.8, 4) is 17.4 Å². The first kappa shape index (κ1) is 12.0. The van der Waals surface area contributed by atoms with Gasteiger partial charge in [-0.05, 0) is 30.7 Å². The van der Waals surface area contributed by atoms with Crippen LogP contribution < -0.4 is 9.47 Å². The average molecular weight is 248 g/mol. The zero-order valence-corrected chi connectivity index (χ0v) is 9.97. The van der Waals surface area contributed by atoms with E-state index in [0.29, 0.717) is 11.5 Å². The molecule has 0 radical (unpaired) electrons. The lowest BCUT2D eigenvalue weighted by molar-refractivity contribution is 0.0657. The van der Waals surface area contributed by atoms with Crippen LogP contribution in [0.1, 0.15) is 16.1 Å². The minimum absolute atomic E-state index is 0.106. The van der Waals surface area contributed by atoms with E-state index in [1.807, 2.05) is 19.1 Å². The molecule has 0 bridgehead atoms. The molecule has 0 saturated carbocycles. The maximum Gasteiger partial charge on any atom is 0.371 e. The summed E-state index contributed by atoms with van der Waals surface area (Å²) in [7, 11) is 1.53. The van der Waals surface area contributed by atoms with E-state index < -0.39 is 5.97 Å². The molecular weight excluding hydrogens is 236 g/mol. The van der Waals surface area contributed by atoms with Crippen LogP contribution >= 0.6 is 0 Å². The van der Waals surface area contributed by atoms with Crippen molar-refractivity contribution in [1.29, 1.82) is 0 Å². The Bertz CT molecular complexity index is 571. The van der Waals surface area contributed by atoms with Crippen molar-refractivity contribution in [2.75, 3.05) is 7.11 Å². The number of rotatable bonds is 4. The second kappa shape index (κ2) is 4.83. The molecule has 0 atom stereocenters. The third-order valence-electron chi connectivity index (χ3n) is 2.32. The number of carboxylic acid groups (broad SMARTS) is 1. The van der Waals surface area contributed by atoms with E-state index in [2.05, 4.69) is 0 Å².